The van der Waals surface area contributed by atoms with Gasteiger partial charge in [-0.15, -0.1) is 17.0 Å². The molecule has 0 aromatic carbocycles. The first-order valence-corrected chi connectivity index (χ1v) is 3.20. The van der Waals surface area contributed by atoms with E-state index in [4.69, 9.17) is 0 Å². The van der Waals surface area contributed by atoms with Gasteiger partial charge in [0, 0.05) is 18.5 Å². The lowest BCUT2D eigenvalue weighted by Gasteiger charge is -1.70. The molecule has 0 unspecified atom stereocenters. The molecule has 0 aliphatic carbocycles. The molecule has 1 heterocycles. The van der Waals surface area contributed by atoms with Gasteiger partial charge in [-0.1, -0.05) is 0 Å². The van der Waals surface area contributed by atoms with Crippen molar-refractivity contribution >= 4 is 32.9 Å². The predicted octanol–water partition coefficient (Wildman–Crippen LogP) is 1.78. The van der Waals surface area contributed by atoms with Gasteiger partial charge in [-0.3, -0.25) is 9.78 Å². The van der Waals surface area contributed by atoms with Gasteiger partial charge in [0.1, 0.15) is 0 Å². The molecule has 1 rings (SSSR count). The smallest absolute Gasteiger partial charge is 0.194 e. The van der Waals surface area contributed by atoms with E-state index < -0.39 is 0 Å². The normalized spacial score (nSPS) is 8.10. The summed E-state index contributed by atoms with van der Waals surface area (Å²) in [5.74, 6) is 0. The van der Waals surface area contributed by atoms with Crippen LogP contribution in [0, 0.1) is 0 Å². The van der Waals surface area contributed by atoms with Crippen molar-refractivity contribution in [1.82, 2.24) is 4.98 Å². The van der Waals surface area contributed by atoms with Crippen LogP contribution in [0.1, 0.15) is 0 Å². The van der Waals surface area contributed by atoms with Gasteiger partial charge in [0.15, 0.2) is 5.43 Å². The van der Waals surface area contributed by atoms with Crippen LogP contribution in [-0.2, 0) is 0 Å². The van der Waals surface area contributed by atoms with E-state index in [0.29, 0.717) is 4.47 Å². The molecular weight excluding hydrogens is 262 g/mol. The Labute approximate surface area is 77.2 Å². The summed E-state index contributed by atoms with van der Waals surface area (Å²) in [5.41, 5.74) is -0.0486. The molecule has 0 aliphatic heterocycles. The SMILES string of the molecule is Br.O=c1ccnccc1Br. The van der Waals surface area contributed by atoms with Crippen LogP contribution < -0.4 is 5.43 Å². The van der Waals surface area contributed by atoms with Crippen LogP contribution >= 0.6 is 32.9 Å². The number of hydrogen-bond donors (Lipinski definition) is 0. The lowest BCUT2D eigenvalue weighted by molar-refractivity contribution is 1.37. The number of halogens is 2. The minimum atomic E-state index is -0.0486. The average molecular weight is 267 g/mol. The van der Waals surface area contributed by atoms with Gasteiger partial charge in [0.05, 0.1) is 4.47 Å². The highest BCUT2D eigenvalue weighted by Gasteiger charge is 1.85. The van der Waals surface area contributed by atoms with Crippen LogP contribution in [-0.4, -0.2) is 4.98 Å². The van der Waals surface area contributed by atoms with Crippen molar-refractivity contribution in [3.8, 4) is 0 Å². The largest absolute Gasteiger partial charge is 0.289 e. The third kappa shape index (κ3) is 2.58. The van der Waals surface area contributed by atoms with E-state index in [1.807, 2.05) is 0 Å². The third-order valence-electron chi connectivity index (χ3n) is 0.854. The Kier molecular flexibility index (Phi) is 4.47. The lowest BCUT2D eigenvalue weighted by Crippen LogP contribution is -1.92. The molecule has 4 heteroatoms. The van der Waals surface area contributed by atoms with Gasteiger partial charge < -0.3 is 0 Å². The second-order valence-corrected chi connectivity index (χ2v) is 2.35. The molecule has 0 N–H and O–H groups in total. The van der Waals surface area contributed by atoms with E-state index in [9.17, 15) is 4.79 Å². The summed E-state index contributed by atoms with van der Waals surface area (Å²) < 4.78 is 0.542. The Hall–Kier alpha value is -0.220. The minimum Gasteiger partial charge on any atom is -0.289 e. The molecular formula is C6H5Br2NO. The highest BCUT2D eigenvalue weighted by molar-refractivity contribution is 9.10. The van der Waals surface area contributed by atoms with Crippen LogP contribution in [0.2, 0.25) is 0 Å². The van der Waals surface area contributed by atoms with Gasteiger partial charge in [-0.2, -0.15) is 0 Å². The number of aromatic nitrogens is 1. The summed E-state index contributed by atoms with van der Waals surface area (Å²) in [6.07, 6.45) is 3.03. The molecule has 10 heavy (non-hydrogen) atoms. The Bertz CT molecular complexity index is 264. The van der Waals surface area contributed by atoms with Crippen molar-refractivity contribution < 1.29 is 0 Å². The standard InChI is InChI=1S/C6H4BrNO.BrH/c7-5-1-3-8-4-2-6(5)9;/h1-4H;1H. The first-order valence-electron chi connectivity index (χ1n) is 2.40. The second kappa shape index (κ2) is 4.57. The number of nitrogens with zero attached hydrogens (tertiary/aromatic N) is 1. The maximum Gasteiger partial charge on any atom is 0.194 e. The highest BCUT2D eigenvalue weighted by Crippen LogP contribution is 1.96. The fraction of sp³-hybridized carbons (Fsp3) is 0. The molecule has 0 radical (unpaired) electrons. The van der Waals surface area contributed by atoms with Gasteiger partial charge in [0.25, 0.3) is 0 Å². The zero-order chi connectivity index (χ0) is 6.69. The Balaban J connectivity index is 0.000000810. The number of rotatable bonds is 0. The third-order valence-corrected chi connectivity index (χ3v) is 1.51. The molecule has 0 saturated heterocycles. The number of hydrogen-bond acceptors (Lipinski definition) is 2. The molecule has 0 amide bonds. The van der Waals surface area contributed by atoms with Crippen molar-refractivity contribution in [2.45, 2.75) is 0 Å². The maximum absolute atomic E-state index is 10.7. The van der Waals surface area contributed by atoms with Crippen LogP contribution in [0.25, 0.3) is 0 Å². The van der Waals surface area contributed by atoms with E-state index in [0.717, 1.165) is 0 Å². The Morgan fingerprint density at radius 1 is 1.30 bits per heavy atom. The Morgan fingerprint density at radius 2 is 1.90 bits per heavy atom. The molecule has 0 aliphatic rings. The molecule has 0 spiro atoms. The summed E-state index contributed by atoms with van der Waals surface area (Å²) in [7, 11) is 0. The topological polar surface area (TPSA) is 30.0 Å². The summed E-state index contributed by atoms with van der Waals surface area (Å²) in [5, 5.41) is 0. The van der Waals surface area contributed by atoms with Gasteiger partial charge >= 0.3 is 0 Å². The van der Waals surface area contributed by atoms with E-state index in [1.54, 1.807) is 12.3 Å². The fourth-order valence-corrected chi connectivity index (χ4v) is 0.681. The monoisotopic (exact) mass is 265 g/mol. The summed E-state index contributed by atoms with van der Waals surface area (Å²) in [6.45, 7) is 0. The van der Waals surface area contributed by atoms with Gasteiger partial charge in [0.2, 0.25) is 0 Å². The molecule has 1 aromatic heterocycles. The highest BCUT2D eigenvalue weighted by atomic mass is 79.9. The lowest BCUT2D eigenvalue weighted by atomic mass is 10.5. The van der Waals surface area contributed by atoms with E-state index in [-0.39, 0.29) is 22.4 Å². The van der Waals surface area contributed by atoms with Crippen LogP contribution in [0.5, 0.6) is 0 Å². The van der Waals surface area contributed by atoms with Gasteiger partial charge in [-0.25, -0.2) is 0 Å². The van der Waals surface area contributed by atoms with Crippen molar-refractivity contribution in [2.24, 2.45) is 0 Å². The minimum absolute atomic E-state index is 0. The van der Waals surface area contributed by atoms with E-state index >= 15 is 0 Å². The van der Waals surface area contributed by atoms with Crippen LogP contribution in [0.4, 0.5) is 0 Å². The summed E-state index contributed by atoms with van der Waals surface area (Å²) in [4.78, 5) is 14.5. The summed E-state index contributed by atoms with van der Waals surface area (Å²) in [6, 6.07) is 3.02. The zero-order valence-electron chi connectivity index (χ0n) is 4.95. The molecule has 0 fully saturated rings. The molecule has 0 bridgehead atoms. The second-order valence-electron chi connectivity index (χ2n) is 1.49. The summed E-state index contributed by atoms with van der Waals surface area (Å²) >= 11 is 3.07. The molecule has 1 aromatic rings. The fourth-order valence-electron chi connectivity index (χ4n) is 0.431. The predicted molar refractivity (Wildman–Crippen MR) is 48.5 cm³/mol. The average Bonchev–Trinajstić information content (AvgIpc) is 1.99. The molecule has 0 saturated carbocycles. The first-order chi connectivity index (χ1) is 4.30. The van der Waals surface area contributed by atoms with Crippen LogP contribution in [0.15, 0.2) is 33.8 Å². The van der Waals surface area contributed by atoms with E-state index in [1.165, 1.54) is 12.3 Å². The van der Waals surface area contributed by atoms with Crippen molar-refractivity contribution in [2.75, 3.05) is 0 Å². The molecule has 54 valence electrons. The van der Waals surface area contributed by atoms with Crippen molar-refractivity contribution in [3.05, 3.63) is 39.2 Å². The van der Waals surface area contributed by atoms with Crippen LogP contribution in [0.3, 0.4) is 0 Å². The Morgan fingerprint density at radius 3 is 2.60 bits per heavy atom. The quantitative estimate of drug-likeness (QED) is 0.717. The van der Waals surface area contributed by atoms with Crippen molar-refractivity contribution in [1.29, 1.82) is 0 Å². The zero-order valence-corrected chi connectivity index (χ0v) is 8.25. The van der Waals surface area contributed by atoms with E-state index in [2.05, 4.69) is 20.9 Å². The molecule has 2 nitrogen and oxygen atoms in total. The van der Waals surface area contributed by atoms with Gasteiger partial charge in [-0.05, 0) is 22.0 Å². The van der Waals surface area contributed by atoms with Crippen molar-refractivity contribution in [3.63, 3.8) is 0 Å². The molecule has 0 atom stereocenters. The maximum atomic E-state index is 10.7. The first kappa shape index (κ1) is 9.78.